The number of halogens is 2. The smallest absolute Gasteiger partial charge is 0.268 e. The van der Waals surface area contributed by atoms with E-state index in [0.29, 0.717) is 20.6 Å². The lowest BCUT2D eigenvalue weighted by molar-refractivity contribution is 0.0934. The molecule has 0 saturated carbocycles. The number of aromatic amines is 1. The van der Waals surface area contributed by atoms with Gasteiger partial charge in [0.1, 0.15) is 16.4 Å². The second-order valence-corrected chi connectivity index (χ2v) is 10.00. The minimum absolute atomic E-state index is 0.0483. The zero-order valence-corrected chi connectivity index (χ0v) is 18.3. The summed E-state index contributed by atoms with van der Waals surface area (Å²) in [6, 6.07) is 10.00. The van der Waals surface area contributed by atoms with Crippen molar-refractivity contribution in [3.8, 4) is 0 Å². The predicted molar refractivity (Wildman–Crippen MR) is 117 cm³/mol. The average molecular weight is 464 g/mol. The van der Waals surface area contributed by atoms with E-state index < -0.39 is 0 Å². The Morgan fingerprint density at radius 2 is 2.21 bits per heavy atom. The van der Waals surface area contributed by atoms with Crippen molar-refractivity contribution in [2.24, 2.45) is 7.05 Å². The molecule has 1 aliphatic rings. The van der Waals surface area contributed by atoms with Crippen molar-refractivity contribution in [3.63, 3.8) is 0 Å². The van der Waals surface area contributed by atoms with Gasteiger partial charge in [-0.25, -0.2) is 0 Å². The molecule has 0 unspecified atom stereocenters. The highest BCUT2D eigenvalue weighted by molar-refractivity contribution is 7.99. The maximum absolute atomic E-state index is 13.0. The van der Waals surface area contributed by atoms with Gasteiger partial charge in [-0.1, -0.05) is 59.2 Å². The van der Waals surface area contributed by atoms with Crippen molar-refractivity contribution < 1.29 is 4.79 Å². The van der Waals surface area contributed by atoms with Crippen LogP contribution in [0.15, 0.2) is 41.8 Å². The summed E-state index contributed by atoms with van der Waals surface area (Å²) in [6.45, 7) is 0. The third kappa shape index (κ3) is 3.34. The molecule has 0 fully saturated rings. The van der Waals surface area contributed by atoms with Crippen LogP contribution in [0.3, 0.4) is 0 Å². The first-order chi connectivity index (χ1) is 14.0. The molecule has 1 aromatic carbocycles. The van der Waals surface area contributed by atoms with Gasteiger partial charge >= 0.3 is 0 Å². The van der Waals surface area contributed by atoms with Crippen LogP contribution in [0.5, 0.6) is 0 Å². The minimum atomic E-state index is -0.165. The number of fused-ring (bicyclic) bond motifs is 2. The molecule has 2 N–H and O–H groups in total. The molecule has 1 aliphatic carbocycles. The van der Waals surface area contributed by atoms with Crippen LogP contribution in [0, 0.1) is 0 Å². The van der Waals surface area contributed by atoms with Crippen LogP contribution < -0.4 is 5.32 Å². The first-order valence-corrected chi connectivity index (χ1v) is 11.3. The van der Waals surface area contributed by atoms with Crippen LogP contribution in [0.25, 0.3) is 10.2 Å². The molecule has 0 bridgehead atoms. The van der Waals surface area contributed by atoms with Crippen LogP contribution in [0.1, 0.15) is 26.9 Å². The van der Waals surface area contributed by atoms with E-state index in [4.69, 9.17) is 23.2 Å². The van der Waals surface area contributed by atoms with E-state index >= 15 is 0 Å². The molecule has 1 amide bonds. The average Bonchev–Trinajstić information content (AvgIpc) is 3.44. The number of amides is 1. The summed E-state index contributed by atoms with van der Waals surface area (Å²) in [5.41, 5.74) is 3.63. The number of aromatic nitrogens is 4. The quantitative estimate of drug-likeness (QED) is 0.453. The summed E-state index contributed by atoms with van der Waals surface area (Å²) in [5, 5.41) is 12.7. The summed E-state index contributed by atoms with van der Waals surface area (Å²) in [7, 11) is 1.91. The SMILES string of the molecule is Cn1cnnc1S[C@@H]1c2ccccc2C[C@H]1NC(=O)c1cc2sc(Cl)c(Cl)c2[nH]1. The first-order valence-electron chi connectivity index (χ1n) is 8.87. The van der Waals surface area contributed by atoms with Gasteiger partial charge < -0.3 is 14.9 Å². The fourth-order valence-electron chi connectivity index (χ4n) is 3.61. The number of hydrogen-bond donors (Lipinski definition) is 2. The Morgan fingerprint density at radius 3 is 2.97 bits per heavy atom. The molecule has 29 heavy (non-hydrogen) atoms. The van der Waals surface area contributed by atoms with Gasteiger partial charge in [-0.3, -0.25) is 4.79 Å². The number of aryl methyl sites for hydroxylation is 1. The van der Waals surface area contributed by atoms with Crippen molar-refractivity contribution in [3.05, 3.63) is 62.8 Å². The minimum Gasteiger partial charge on any atom is -0.349 e. The van der Waals surface area contributed by atoms with Crippen molar-refractivity contribution in [2.75, 3.05) is 0 Å². The molecule has 0 aliphatic heterocycles. The Hall–Kier alpha value is -2.00. The second-order valence-electron chi connectivity index (χ2n) is 6.86. The maximum Gasteiger partial charge on any atom is 0.268 e. The summed E-state index contributed by atoms with van der Waals surface area (Å²) in [6.07, 6.45) is 2.44. The van der Waals surface area contributed by atoms with E-state index in [0.717, 1.165) is 16.3 Å². The predicted octanol–water partition coefficient (Wildman–Crippen LogP) is 4.85. The molecule has 6 nitrogen and oxygen atoms in total. The number of H-pyrrole nitrogens is 1. The van der Waals surface area contributed by atoms with Crippen LogP contribution in [-0.2, 0) is 13.5 Å². The number of carbonyl (C=O) groups is 1. The molecule has 10 heteroatoms. The Morgan fingerprint density at radius 1 is 1.38 bits per heavy atom. The zero-order valence-electron chi connectivity index (χ0n) is 15.1. The fraction of sp³-hybridized carbons (Fsp3) is 0.211. The maximum atomic E-state index is 13.0. The lowest BCUT2D eigenvalue weighted by Crippen LogP contribution is -2.37. The highest BCUT2D eigenvalue weighted by atomic mass is 35.5. The van der Waals surface area contributed by atoms with Gasteiger partial charge in [0.2, 0.25) is 0 Å². The lowest BCUT2D eigenvalue weighted by Gasteiger charge is -2.20. The lowest BCUT2D eigenvalue weighted by atomic mass is 10.1. The monoisotopic (exact) mass is 463 g/mol. The molecule has 2 atom stereocenters. The topological polar surface area (TPSA) is 75.6 Å². The van der Waals surface area contributed by atoms with E-state index in [9.17, 15) is 4.79 Å². The number of hydrogen-bond acceptors (Lipinski definition) is 5. The summed E-state index contributed by atoms with van der Waals surface area (Å²) in [5.74, 6) is -0.165. The zero-order chi connectivity index (χ0) is 20.1. The highest BCUT2D eigenvalue weighted by Gasteiger charge is 2.35. The van der Waals surface area contributed by atoms with E-state index in [1.165, 1.54) is 22.5 Å². The highest BCUT2D eigenvalue weighted by Crippen LogP contribution is 2.44. The van der Waals surface area contributed by atoms with E-state index in [1.807, 2.05) is 23.7 Å². The number of rotatable bonds is 4. The van der Waals surface area contributed by atoms with Gasteiger partial charge in [0.05, 0.1) is 20.5 Å². The van der Waals surface area contributed by atoms with Crippen LogP contribution >= 0.6 is 46.3 Å². The van der Waals surface area contributed by atoms with Crippen molar-refractivity contribution in [2.45, 2.75) is 22.9 Å². The van der Waals surface area contributed by atoms with Gasteiger partial charge in [-0.05, 0) is 23.6 Å². The van der Waals surface area contributed by atoms with Crippen LogP contribution in [0.4, 0.5) is 0 Å². The fourth-order valence-corrected chi connectivity index (χ4v) is 6.31. The van der Waals surface area contributed by atoms with E-state index in [1.54, 1.807) is 24.2 Å². The molecule has 3 aromatic heterocycles. The largest absolute Gasteiger partial charge is 0.349 e. The standard InChI is InChI=1S/C19H15Cl2N5OS2/c1-26-8-22-25-19(26)29-16-10-5-3-2-4-9(10)6-11(16)24-18(27)12-7-13-15(23-12)14(20)17(21)28-13/h2-5,7-8,11,16,23H,6H2,1H3,(H,24,27)/t11-,16-/m1/s1. The molecular weight excluding hydrogens is 449 g/mol. The first kappa shape index (κ1) is 19.0. The Balaban J connectivity index is 1.42. The molecule has 3 heterocycles. The normalized spacial score (nSPS) is 18.3. The third-order valence-corrected chi connectivity index (χ3v) is 8.35. The molecule has 5 rings (SSSR count). The number of carbonyl (C=O) groups excluding carboxylic acids is 1. The molecular formula is C19H15Cl2N5OS2. The van der Waals surface area contributed by atoms with E-state index in [-0.39, 0.29) is 17.2 Å². The Kier molecular flexibility index (Phi) is 4.82. The van der Waals surface area contributed by atoms with Gasteiger partial charge in [-0.2, -0.15) is 0 Å². The Labute approximate surface area is 184 Å². The molecule has 148 valence electrons. The number of thioether (sulfide) groups is 1. The van der Waals surface area contributed by atoms with Gasteiger partial charge in [0.15, 0.2) is 5.16 Å². The molecule has 0 radical (unpaired) electrons. The summed E-state index contributed by atoms with van der Waals surface area (Å²) < 4.78 is 3.27. The summed E-state index contributed by atoms with van der Waals surface area (Å²) >= 11 is 15.2. The molecule has 4 aromatic rings. The number of benzene rings is 1. The van der Waals surface area contributed by atoms with Crippen LogP contribution in [-0.4, -0.2) is 31.7 Å². The van der Waals surface area contributed by atoms with Crippen molar-refractivity contribution in [1.82, 2.24) is 25.1 Å². The summed E-state index contributed by atoms with van der Waals surface area (Å²) in [4.78, 5) is 16.1. The van der Waals surface area contributed by atoms with Crippen molar-refractivity contribution in [1.29, 1.82) is 0 Å². The third-order valence-electron chi connectivity index (χ3n) is 5.00. The van der Waals surface area contributed by atoms with Gasteiger partial charge in [-0.15, -0.1) is 21.5 Å². The van der Waals surface area contributed by atoms with Crippen molar-refractivity contribution >= 4 is 62.4 Å². The second kappa shape index (κ2) is 7.36. The van der Waals surface area contributed by atoms with E-state index in [2.05, 4.69) is 32.6 Å². The van der Waals surface area contributed by atoms with Gasteiger partial charge in [0, 0.05) is 13.1 Å². The van der Waals surface area contributed by atoms with Gasteiger partial charge in [0.25, 0.3) is 5.91 Å². The molecule has 0 spiro atoms. The van der Waals surface area contributed by atoms with Crippen LogP contribution in [0.2, 0.25) is 9.36 Å². The Bertz CT molecular complexity index is 1230. The number of nitrogens with one attached hydrogen (secondary N) is 2. The number of nitrogens with zero attached hydrogens (tertiary/aromatic N) is 3. The number of thiophene rings is 1. The molecule has 0 saturated heterocycles.